The van der Waals surface area contributed by atoms with Gasteiger partial charge in [-0.15, -0.1) is 0 Å². The van der Waals surface area contributed by atoms with Crippen molar-refractivity contribution in [2.24, 2.45) is 0 Å². The maximum Gasteiger partial charge on any atom is 0.159 e. The fourth-order valence-corrected chi connectivity index (χ4v) is 2.00. The SMILES string of the molecule is CCOc1ccc(C(C)=O)cc1CN(C)CCC(C)O. The zero-order chi connectivity index (χ0) is 15.1. The Morgan fingerprint density at radius 2 is 2.15 bits per heavy atom. The van der Waals surface area contributed by atoms with E-state index >= 15 is 0 Å². The molecule has 20 heavy (non-hydrogen) atoms. The first-order valence-corrected chi connectivity index (χ1v) is 7.07. The Hall–Kier alpha value is -1.39. The first-order chi connectivity index (χ1) is 9.43. The molecule has 0 amide bonds. The largest absolute Gasteiger partial charge is 0.494 e. The third-order valence-corrected chi connectivity index (χ3v) is 3.14. The van der Waals surface area contributed by atoms with Crippen LogP contribution in [0.25, 0.3) is 0 Å². The van der Waals surface area contributed by atoms with Crippen LogP contribution in [0.5, 0.6) is 5.75 Å². The Bertz CT molecular complexity index is 443. The molecule has 0 heterocycles. The van der Waals surface area contributed by atoms with Crippen LogP contribution in [0.4, 0.5) is 0 Å². The molecule has 0 spiro atoms. The summed E-state index contributed by atoms with van der Waals surface area (Å²) in [7, 11) is 2.00. The Balaban J connectivity index is 2.83. The first-order valence-electron chi connectivity index (χ1n) is 7.07. The second kappa shape index (κ2) is 8.02. The summed E-state index contributed by atoms with van der Waals surface area (Å²) in [6.07, 6.45) is 0.430. The summed E-state index contributed by atoms with van der Waals surface area (Å²) in [6.45, 7) is 7.40. The van der Waals surface area contributed by atoms with Gasteiger partial charge in [-0.1, -0.05) is 0 Å². The molecular weight excluding hydrogens is 254 g/mol. The van der Waals surface area contributed by atoms with E-state index in [1.54, 1.807) is 19.9 Å². The molecule has 0 bridgehead atoms. The summed E-state index contributed by atoms with van der Waals surface area (Å²) in [5.74, 6) is 0.877. The van der Waals surface area contributed by atoms with E-state index < -0.39 is 0 Å². The van der Waals surface area contributed by atoms with Crippen molar-refractivity contribution in [1.82, 2.24) is 4.90 Å². The summed E-state index contributed by atoms with van der Waals surface area (Å²) in [5, 5.41) is 9.33. The number of ketones is 1. The lowest BCUT2D eigenvalue weighted by Crippen LogP contribution is -2.22. The number of nitrogens with zero attached hydrogens (tertiary/aromatic N) is 1. The van der Waals surface area contributed by atoms with Crippen LogP contribution in [0.2, 0.25) is 0 Å². The van der Waals surface area contributed by atoms with Crippen LogP contribution in [0.15, 0.2) is 18.2 Å². The van der Waals surface area contributed by atoms with Crippen LogP contribution in [-0.4, -0.2) is 42.1 Å². The molecule has 0 saturated carbocycles. The Morgan fingerprint density at radius 3 is 2.70 bits per heavy atom. The highest BCUT2D eigenvalue weighted by atomic mass is 16.5. The van der Waals surface area contributed by atoms with Crippen LogP contribution < -0.4 is 4.74 Å². The second-order valence-corrected chi connectivity index (χ2v) is 5.19. The van der Waals surface area contributed by atoms with Gasteiger partial charge in [0.25, 0.3) is 0 Å². The number of carbonyl (C=O) groups excluding carboxylic acids is 1. The van der Waals surface area contributed by atoms with Gasteiger partial charge in [-0.05, 0) is 52.4 Å². The molecule has 4 nitrogen and oxygen atoms in total. The lowest BCUT2D eigenvalue weighted by molar-refractivity contribution is 0.101. The van der Waals surface area contributed by atoms with Gasteiger partial charge in [0.1, 0.15) is 5.75 Å². The molecule has 0 radical (unpaired) electrons. The van der Waals surface area contributed by atoms with Gasteiger partial charge in [0.05, 0.1) is 12.7 Å². The summed E-state index contributed by atoms with van der Waals surface area (Å²) in [6, 6.07) is 5.55. The van der Waals surface area contributed by atoms with Gasteiger partial charge in [-0.2, -0.15) is 0 Å². The van der Waals surface area contributed by atoms with Gasteiger partial charge in [0, 0.05) is 24.2 Å². The average molecular weight is 279 g/mol. The smallest absolute Gasteiger partial charge is 0.159 e. The van der Waals surface area contributed by atoms with Crippen molar-refractivity contribution in [2.75, 3.05) is 20.2 Å². The summed E-state index contributed by atoms with van der Waals surface area (Å²) in [4.78, 5) is 13.6. The van der Waals surface area contributed by atoms with E-state index in [1.165, 1.54) is 0 Å². The highest BCUT2D eigenvalue weighted by Gasteiger charge is 2.10. The quantitative estimate of drug-likeness (QED) is 0.743. The number of benzene rings is 1. The van der Waals surface area contributed by atoms with Gasteiger partial charge in [-0.25, -0.2) is 0 Å². The number of hydrogen-bond acceptors (Lipinski definition) is 4. The minimum atomic E-state index is -0.299. The number of aliphatic hydroxyl groups excluding tert-OH is 1. The normalized spacial score (nSPS) is 12.5. The van der Waals surface area contributed by atoms with Gasteiger partial charge in [0.2, 0.25) is 0 Å². The van der Waals surface area contributed by atoms with Crippen molar-refractivity contribution >= 4 is 5.78 Å². The maximum absolute atomic E-state index is 11.5. The molecule has 1 rings (SSSR count). The number of rotatable bonds is 8. The molecule has 1 aromatic rings. The molecule has 1 aromatic carbocycles. The zero-order valence-electron chi connectivity index (χ0n) is 12.8. The van der Waals surface area contributed by atoms with E-state index in [0.29, 0.717) is 18.7 Å². The topological polar surface area (TPSA) is 49.8 Å². The molecular formula is C16H25NO3. The zero-order valence-corrected chi connectivity index (χ0v) is 12.8. The van der Waals surface area contributed by atoms with E-state index in [4.69, 9.17) is 4.74 Å². The molecule has 0 aliphatic rings. The molecule has 1 atom stereocenters. The van der Waals surface area contributed by atoms with Crippen molar-refractivity contribution in [2.45, 2.75) is 39.8 Å². The minimum Gasteiger partial charge on any atom is -0.494 e. The van der Waals surface area contributed by atoms with Crippen molar-refractivity contribution in [3.8, 4) is 5.75 Å². The van der Waals surface area contributed by atoms with E-state index in [2.05, 4.69) is 4.90 Å². The van der Waals surface area contributed by atoms with Gasteiger partial charge in [-0.3, -0.25) is 4.79 Å². The summed E-state index contributed by atoms with van der Waals surface area (Å²) < 4.78 is 5.61. The van der Waals surface area contributed by atoms with Crippen LogP contribution in [-0.2, 0) is 6.54 Å². The standard InChI is InChI=1S/C16H25NO3/c1-5-20-16-7-6-14(13(3)19)10-15(16)11-17(4)9-8-12(2)18/h6-7,10,12,18H,5,8-9,11H2,1-4H3. The number of carbonyl (C=O) groups is 1. The van der Waals surface area contributed by atoms with Gasteiger partial charge >= 0.3 is 0 Å². The lowest BCUT2D eigenvalue weighted by Gasteiger charge is -2.20. The highest BCUT2D eigenvalue weighted by Crippen LogP contribution is 2.22. The molecule has 0 aromatic heterocycles. The third-order valence-electron chi connectivity index (χ3n) is 3.14. The van der Waals surface area contributed by atoms with Crippen LogP contribution in [0, 0.1) is 0 Å². The lowest BCUT2D eigenvalue weighted by atomic mass is 10.1. The summed E-state index contributed by atoms with van der Waals surface area (Å²) >= 11 is 0. The molecule has 112 valence electrons. The fourth-order valence-electron chi connectivity index (χ4n) is 2.00. The Morgan fingerprint density at radius 1 is 1.45 bits per heavy atom. The van der Waals surface area contributed by atoms with Crippen molar-refractivity contribution in [3.63, 3.8) is 0 Å². The maximum atomic E-state index is 11.5. The third kappa shape index (κ3) is 5.31. The van der Waals surface area contributed by atoms with E-state index in [9.17, 15) is 9.90 Å². The predicted molar refractivity (Wildman–Crippen MR) is 80.2 cm³/mol. The van der Waals surface area contributed by atoms with Crippen LogP contribution in [0.1, 0.15) is 43.1 Å². The Labute approximate surface area is 121 Å². The van der Waals surface area contributed by atoms with E-state index in [1.807, 2.05) is 26.1 Å². The molecule has 1 N–H and O–H groups in total. The molecule has 0 fully saturated rings. The van der Waals surface area contributed by atoms with Crippen LogP contribution in [0.3, 0.4) is 0 Å². The molecule has 0 saturated heterocycles. The number of ether oxygens (including phenoxy) is 1. The second-order valence-electron chi connectivity index (χ2n) is 5.19. The number of aliphatic hydroxyl groups is 1. The predicted octanol–water partition coefficient (Wildman–Crippen LogP) is 2.49. The first kappa shape index (κ1) is 16.7. The van der Waals surface area contributed by atoms with E-state index in [-0.39, 0.29) is 11.9 Å². The fraction of sp³-hybridized carbons (Fsp3) is 0.562. The van der Waals surface area contributed by atoms with Crippen molar-refractivity contribution in [3.05, 3.63) is 29.3 Å². The van der Waals surface area contributed by atoms with Crippen molar-refractivity contribution < 1.29 is 14.6 Å². The molecule has 0 aliphatic heterocycles. The monoisotopic (exact) mass is 279 g/mol. The molecule has 4 heteroatoms. The number of hydrogen-bond donors (Lipinski definition) is 1. The molecule has 0 aliphatic carbocycles. The number of Topliss-reactive ketones (excluding diaryl/α,β-unsaturated/α-hetero) is 1. The highest BCUT2D eigenvalue weighted by molar-refractivity contribution is 5.94. The minimum absolute atomic E-state index is 0.0564. The Kier molecular flexibility index (Phi) is 6.68. The van der Waals surface area contributed by atoms with Crippen molar-refractivity contribution in [1.29, 1.82) is 0 Å². The average Bonchev–Trinajstić information content (AvgIpc) is 2.38. The molecule has 1 unspecified atom stereocenters. The summed E-state index contributed by atoms with van der Waals surface area (Å²) in [5.41, 5.74) is 1.71. The van der Waals surface area contributed by atoms with Crippen LogP contribution >= 0.6 is 0 Å². The van der Waals surface area contributed by atoms with Gasteiger partial charge in [0.15, 0.2) is 5.78 Å². The van der Waals surface area contributed by atoms with E-state index in [0.717, 1.165) is 24.3 Å². The van der Waals surface area contributed by atoms with Gasteiger partial charge < -0.3 is 14.7 Å².